The quantitative estimate of drug-likeness (QED) is 0.540. The number of esters is 1. The number of rotatable bonds is 5. The van der Waals surface area contributed by atoms with Crippen molar-refractivity contribution in [1.29, 1.82) is 0 Å². The molecule has 0 amide bonds. The van der Waals surface area contributed by atoms with Crippen LogP contribution in [0.2, 0.25) is 0 Å². The molecule has 2 fully saturated rings. The summed E-state index contributed by atoms with van der Waals surface area (Å²) in [4.78, 5) is 11.1. The van der Waals surface area contributed by atoms with E-state index in [9.17, 15) is 4.79 Å². The lowest BCUT2D eigenvalue weighted by Gasteiger charge is -2.34. The van der Waals surface area contributed by atoms with Crippen LogP contribution in [-0.4, -0.2) is 12.6 Å². The first-order valence-electron chi connectivity index (χ1n) is 7.00. The molecule has 5 unspecified atom stereocenters. The Morgan fingerprint density at radius 1 is 1.29 bits per heavy atom. The molecule has 0 aromatic rings. The third-order valence-corrected chi connectivity index (χ3v) is 5.04. The molecular formula is C15H24O2. The van der Waals surface area contributed by atoms with Gasteiger partial charge in [-0.15, -0.1) is 0 Å². The van der Waals surface area contributed by atoms with Crippen LogP contribution in [0.4, 0.5) is 0 Å². The average molecular weight is 236 g/mol. The van der Waals surface area contributed by atoms with Crippen LogP contribution in [0.1, 0.15) is 39.5 Å². The number of hydrogen-bond donors (Lipinski definition) is 0. The van der Waals surface area contributed by atoms with Gasteiger partial charge in [0.1, 0.15) is 0 Å². The molecule has 2 saturated carbocycles. The van der Waals surface area contributed by atoms with Crippen molar-refractivity contribution >= 4 is 5.97 Å². The third-order valence-electron chi connectivity index (χ3n) is 5.04. The van der Waals surface area contributed by atoms with E-state index in [4.69, 9.17) is 4.74 Å². The van der Waals surface area contributed by atoms with Crippen LogP contribution in [0.5, 0.6) is 0 Å². The maximum Gasteiger partial charge on any atom is 0.330 e. The van der Waals surface area contributed by atoms with Gasteiger partial charge in [0.25, 0.3) is 0 Å². The van der Waals surface area contributed by atoms with Gasteiger partial charge in [-0.1, -0.05) is 33.3 Å². The van der Waals surface area contributed by atoms with Gasteiger partial charge in [0.2, 0.25) is 0 Å². The number of hydrogen-bond acceptors (Lipinski definition) is 2. The summed E-state index contributed by atoms with van der Waals surface area (Å²) in [6.07, 6.45) is 6.50. The molecule has 0 aliphatic heterocycles. The minimum Gasteiger partial charge on any atom is -0.462 e. The molecule has 5 atom stereocenters. The van der Waals surface area contributed by atoms with E-state index in [0.29, 0.717) is 12.5 Å². The van der Waals surface area contributed by atoms with Gasteiger partial charge in [-0.05, 0) is 42.4 Å². The van der Waals surface area contributed by atoms with Crippen LogP contribution in [0, 0.1) is 29.6 Å². The topological polar surface area (TPSA) is 26.3 Å². The van der Waals surface area contributed by atoms with Crippen LogP contribution in [-0.2, 0) is 9.53 Å². The molecule has 0 saturated heterocycles. The van der Waals surface area contributed by atoms with Crippen molar-refractivity contribution in [1.82, 2.24) is 0 Å². The van der Waals surface area contributed by atoms with Crippen molar-refractivity contribution in [3.63, 3.8) is 0 Å². The van der Waals surface area contributed by atoms with E-state index in [1.165, 1.54) is 31.8 Å². The maximum absolute atomic E-state index is 11.1. The van der Waals surface area contributed by atoms with E-state index >= 15 is 0 Å². The van der Waals surface area contributed by atoms with Gasteiger partial charge >= 0.3 is 5.97 Å². The Bertz CT molecular complexity index is 297. The van der Waals surface area contributed by atoms with Crippen molar-refractivity contribution in [2.45, 2.75) is 39.5 Å². The van der Waals surface area contributed by atoms with Gasteiger partial charge in [0.15, 0.2) is 0 Å². The van der Waals surface area contributed by atoms with Gasteiger partial charge in [-0.2, -0.15) is 0 Å². The molecule has 96 valence electrons. The van der Waals surface area contributed by atoms with Crippen molar-refractivity contribution in [2.24, 2.45) is 29.6 Å². The van der Waals surface area contributed by atoms with E-state index in [0.717, 1.165) is 23.7 Å². The minimum atomic E-state index is -0.270. The molecule has 2 aliphatic carbocycles. The van der Waals surface area contributed by atoms with E-state index in [2.05, 4.69) is 20.4 Å². The summed E-state index contributed by atoms with van der Waals surface area (Å²) in [6, 6.07) is 0. The highest BCUT2D eigenvalue weighted by molar-refractivity contribution is 5.81. The Morgan fingerprint density at radius 2 is 2.00 bits per heavy atom. The molecule has 0 radical (unpaired) electrons. The molecular weight excluding hydrogens is 212 g/mol. The zero-order valence-corrected chi connectivity index (χ0v) is 11.0. The van der Waals surface area contributed by atoms with E-state index < -0.39 is 0 Å². The fraction of sp³-hybridized carbons (Fsp3) is 0.800. The van der Waals surface area contributed by atoms with E-state index in [1.54, 1.807) is 0 Å². The van der Waals surface area contributed by atoms with Gasteiger partial charge < -0.3 is 4.74 Å². The molecule has 0 aromatic carbocycles. The molecule has 2 rings (SSSR count). The summed E-state index contributed by atoms with van der Waals surface area (Å²) < 4.78 is 5.23. The molecule has 0 heterocycles. The van der Waals surface area contributed by atoms with Crippen LogP contribution in [0.3, 0.4) is 0 Å². The molecule has 0 spiro atoms. The average Bonchev–Trinajstić information content (AvgIpc) is 2.91. The molecule has 0 aromatic heterocycles. The number of ether oxygens (including phenoxy) is 1. The maximum atomic E-state index is 11.1. The Kier molecular flexibility index (Phi) is 3.90. The highest BCUT2D eigenvalue weighted by Gasteiger charge is 2.50. The number of carbonyl (C=O) groups is 1. The zero-order valence-electron chi connectivity index (χ0n) is 11.0. The monoisotopic (exact) mass is 236 g/mol. The first-order valence-corrected chi connectivity index (χ1v) is 7.00. The molecule has 2 bridgehead atoms. The van der Waals surface area contributed by atoms with Crippen molar-refractivity contribution < 1.29 is 9.53 Å². The summed E-state index contributed by atoms with van der Waals surface area (Å²) in [5.41, 5.74) is 0. The zero-order chi connectivity index (χ0) is 12.4. The summed E-state index contributed by atoms with van der Waals surface area (Å²) in [5, 5.41) is 0. The van der Waals surface area contributed by atoms with E-state index in [1.807, 2.05) is 0 Å². The van der Waals surface area contributed by atoms with Crippen LogP contribution < -0.4 is 0 Å². The third kappa shape index (κ3) is 2.27. The normalized spacial score (nSPS) is 39.3. The standard InChI is InChI=1S/C15H24O2/c1-4-12-10-7-11(9-17-15(16)6-3)14(8-10)13(12)5-2/h6,10-14H,3-5,7-9H2,1-2H3. The van der Waals surface area contributed by atoms with Crippen LogP contribution in [0.15, 0.2) is 12.7 Å². The Hall–Kier alpha value is -0.790. The largest absolute Gasteiger partial charge is 0.462 e. The fourth-order valence-electron chi connectivity index (χ4n) is 4.42. The Morgan fingerprint density at radius 3 is 2.59 bits per heavy atom. The fourth-order valence-corrected chi connectivity index (χ4v) is 4.42. The van der Waals surface area contributed by atoms with Crippen molar-refractivity contribution in [3.05, 3.63) is 12.7 Å². The first-order chi connectivity index (χ1) is 8.21. The van der Waals surface area contributed by atoms with Gasteiger partial charge in [0, 0.05) is 6.08 Å². The summed E-state index contributed by atoms with van der Waals surface area (Å²) in [6.45, 7) is 8.67. The molecule has 0 N–H and O–H groups in total. The van der Waals surface area contributed by atoms with Gasteiger partial charge in [-0.25, -0.2) is 4.79 Å². The molecule has 2 aliphatic rings. The lowest BCUT2D eigenvalue weighted by molar-refractivity contribution is -0.140. The van der Waals surface area contributed by atoms with Gasteiger partial charge in [0.05, 0.1) is 6.61 Å². The SMILES string of the molecule is C=CC(=O)OCC1CC2CC1C(CC)C2CC. The van der Waals surface area contributed by atoms with Crippen LogP contribution >= 0.6 is 0 Å². The predicted octanol–water partition coefficient (Wildman–Crippen LogP) is 3.42. The molecule has 17 heavy (non-hydrogen) atoms. The minimum absolute atomic E-state index is 0.270. The number of fused-ring (bicyclic) bond motifs is 2. The second-order valence-corrected chi connectivity index (χ2v) is 5.63. The second-order valence-electron chi connectivity index (χ2n) is 5.63. The Labute approximate surface area is 104 Å². The Balaban J connectivity index is 1.92. The second kappa shape index (κ2) is 5.24. The molecule has 2 heteroatoms. The highest BCUT2D eigenvalue weighted by Crippen LogP contribution is 2.57. The smallest absolute Gasteiger partial charge is 0.330 e. The van der Waals surface area contributed by atoms with Crippen LogP contribution in [0.25, 0.3) is 0 Å². The highest BCUT2D eigenvalue weighted by atomic mass is 16.5. The lowest BCUT2D eigenvalue weighted by atomic mass is 9.72. The lowest BCUT2D eigenvalue weighted by Crippen LogP contribution is -2.30. The number of carbonyl (C=O) groups excluding carboxylic acids is 1. The van der Waals surface area contributed by atoms with Gasteiger partial charge in [-0.3, -0.25) is 0 Å². The summed E-state index contributed by atoms with van der Waals surface area (Å²) in [5.74, 6) is 3.82. The molecule has 2 nitrogen and oxygen atoms in total. The first kappa shape index (κ1) is 12.7. The predicted molar refractivity (Wildman–Crippen MR) is 68.4 cm³/mol. The van der Waals surface area contributed by atoms with E-state index in [-0.39, 0.29) is 5.97 Å². The summed E-state index contributed by atoms with van der Waals surface area (Å²) >= 11 is 0. The van der Waals surface area contributed by atoms with Crippen molar-refractivity contribution in [3.8, 4) is 0 Å². The summed E-state index contributed by atoms with van der Waals surface area (Å²) in [7, 11) is 0. The van der Waals surface area contributed by atoms with Crippen molar-refractivity contribution in [2.75, 3.05) is 6.61 Å².